The van der Waals surface area contributed by atoms with Gasteiger partial charge in [0.1, 0.15) is 29.7 Å². The van der Waals surface area contributed by atoms with E-state index >= 15 is 0 Å². The van der Waals surface area contributed by atoms with E-state index in [1.165, 1.54) is 32.4 Å². The number of rotatable bonds is 5. The van der Waals surface area contributed by atoms with Gasteiger partial charge in [-0.2, -0.15) is 15.8 Å². The van der Waals surface area contributed by atoms with Gasteiger partial charge in [-0.3, -0.25) is 0 Å². The van der Waals surface area contributed by atoms with E-state index < -0.39 is 12.1 Å². The molecule has 6 nitrogen and oxygen atoms in total. The van der Waals surface area contributed by atoms with E-state index in [0.717, 1.165) is 0 Å². The number of anilines is 1. The number of halogens is 1. The van der Waals surface area contributed by atoms with Crippen LogP contribution in [0.25, 0.3) is 0 Å². The maximum absolute atomic E-state index is 13.4. The molecule has 7 heteroatoms. The molecule has 0 heterocycles. The second-order valence-corrected chi connectivity index (χ2v) is 3.75. The van der Waals surface area contributed by atoms with Crippen LogP contribution in [0.15, 0.2) is 29.5 Å². The minimum absolute atomic E-state index is 0.237. The Bertz CT molecular complexity index is 660. The molecule has 0 saturated heterocycles. The molecule has 0 unspecified atom stereocenters. The Morgan fingerprint density at radius 2 is 1.76 bits per heavy atom. The van der Waals surface area contributed by atoms with Crippen molar-refractivity contribution >= 4 is 5.69 Å². The number of nitrogens with one attached hydrogen (secondary N) is 1. The molecule has 0 aromatic heterocycles. The molecule has 0 amide bonds. The van der Waals surface area contributed by atoms with Gasteiger partial charge in [0.05, 0.1) is 0 Å². The highest BCUT2D eigenvalue weighted by Crippen LogP contribution is 2.28. The maximum Gasteiger partial charge on any atom is 0.185 e. The fraction of sp³-hybridized carbons (Fsp3) is 0.214. The van der Waals surface area contributed by atoms with Gasteiger partial charge < -0.3 is 14.8 Å². The van der Waals surface area contributed by atoms with E-state index in [0.29, 0.717) is 11.3 Å². The van der Waals surface area contributed by atoms with E-state index in [1.54, 1.807) is 18.2 Å². The average molecular weight is 286 g/mol. The highest BCUT2D eigenvalue weighted by molar-refractivity contribution is 5.62. The number of nitrogens with zero attached hydrogens (tertiary/aromatic N) is 3. The summed E-state index contributed by atoms with van der Waals surface area (Å²) >= 11 is 0. The summed E-state index contributed by atoms with van der Waals surface area (Å²) in [4.78, 5) is 0. The number of hydrogen-bond acceptors (Lipinski definition) is 6. The summed E-state index contributed by atoms with van der Waals surface area (Å²) < 4.78 is 23.5. The zero-order valence-electron chi connectivity index (χ0n) is 11.3. The topological polar surface area (TPSA) is 102 Å². The molecule has 0 aliphatic carbocycles. The lowest BCUT2D eigenvalue weighted by Crippen LogP contribution is -2.10. The second kappa shape index (κ2) is 7.62. The van der Waals surface area contributed by atoms with Gasteiger partial charge in [-0.15, -0.1) is 0 Å². The van der Waals surface area contributed by atoms with Crippen molar-refractivity contribution in [2.75, 3.05) is 19.5 Å². The Kier molecular flexibility index (Phi) is 5.85. The predicted molar refractivity (Wildman–Crippen MR) is 70.6 cm³/mol. The molecular formula is C14H11FN4O2. The minimum atomic E-state index is -0.865. The SMILES string of the molecule is COC(OC)c1cc(F)ccc1NC(C#N)=C(C#N)C#N. The second-order valence-electron chi connectivity index (χ2n) is 3.75. The molecule has 0 aliphatic heterocycles. The normalized spacial score (nSPS) is 9.38. The summed E-state index contributed by atoms with van der Waals surface area (Å²) in [5.41, 5.74) is -0.0226. The molecule has 0 radical (unpaired) electrons. The smallest absolute Gasteiger partial charge is 0.185 e. The first kappa shape index (κ1) is 16.1. The molecule has 0 saturated carbocycles. The van der Waals surface area contributed by atoms with Crippen LogP contribution in [0.5, 0.6) is 0 Å². The van der Waals surface area contributed by atoms with Gasteiger partial charge in [0, 0.05) is 25.5 Å². The van der Waals surface area contributed by atoms with Crippen molar-refractivity contribution in [1.29, 1.82) is 15.8 Å². The average Bonchev–Trinajstić information content (AvgIpc) is 2.50. The van der Waals surface area contributed by atoms with Crippen molar-refractivity contribution in [3.63, 3.8) is 0 Å². The molecule has 1 aromatic carbocycles. The quantitative estimate of drug-likeness (QED) is 0.658. The third kappa shape index (κ3) is 3.77. The van der Waals surface area contributed by atoms with Gasteiger partial charge in [0.25, 0.3) is 0 Å². The third-order valence-electron chi connectivity index (χ3n) is 2.54. The molecule has 0 fully saturated rings. The predicted octanol–water partition coefficient (Wildman–Crippen LogP) is 2.35. The van der Waals surface area contributed by atoms with Crippen molar-refractivity contribution in [1.82, 2.24) is 0 Å². The zero-order valence-corrected chi connectivity index (χ0v) is 11.3. The van der Waals surface area contributed by atoms with E-state index in [2.05, 4.69) is 5.32 Å². The maximum atomic E-state index is 13.4. The highest BCUT2D eigenvalue weighted by Gasteiger charge is 2.17. The zero-order chi connectivity index (χ0) is 15.8. The molecule has 1 N–H and O–H groups in total. The number of benzene rings is 1. The standard InChI is InChI=1S/C14H11FN4O2/c1-20-14(21-2)11-5-10(15)3-4-12(11)19-13(8-18)9(6-16)7-17/h3-5,14,19H,1-2H3. The summed E-state index contributed by atoms with van der Waals surface area (Å²) in [7, 11) is 2.75. The van der Waals surface area contributed by atoms with Crippen LogP contribution >= 0.6 is 0 Å². The van der Waals surface area contributed by atoms with E-state index in [1.807, 2.05) is 0 Å². The Balaban J connectivity index is 3.33. The molecule has 0 bridgehead atoms. The fourth-order valence-corrected chi connectivity index (χ4v) is 1.61. The summed E-state index contributed by atoms with van der Waals surface area (Å²) in [5, 5.41) is 29.2. The van der Waals surface area contributed by atoms with Gasteiger partial charge >= 0.3 is 0 Å². The molecule has 106 valence electrons. The van der Waals surface area contributed by atoms with Crippen molar-refractivity contribution < 1.29 is 13.9 Å². The van der Waals surface area contributed by atoms with E-state index in [-0.39, 0.29) is 11.3 Å². The number of allylic oxidation sites excluding steroid dienone is 2. The molecule has 1 rings (SSSR count). The molecule has 1 aromatic rings. The van der Waals surface area contributed by atoms with Gasteiger partial charge in [-0.1, -0.05) is 0 Å². The van der Waals surface area contributed by atoms with Gasteiger partial charge in [-0.25, -0.2) is 4.39 Å². The highest BCUT2D eigenvalue weighted by atomic mass is 19.1. The van der Waals surface area contributed by atoms with Crippen LogP contribution in [0.1, 0.15) is 11.9 Å². The molecule has 0 aliphatic rings. The van der Waals surface area contributed by atoms with Crippen LogP contribution in [0.4, 0.5) is 10.1 Å². The van der Waals surface area contributed by atoms with Crippen LogP contribution in [-0.2, 0) is 9.47 Å². The van der Waals surface area contributed by atoms with Crippen molar-refractivity contribution in [3.05, 3.63) is 40.8 Å². The molecule has 0 spiro atoms. The van der Waals surface area contributed by atoms with Crippen LogP contribution in [-0.4, -0.2) is 14.2 Å². The van der Waals surface area contributed by atoms with Gasteiger partial charge in [0.2, 0.25) is 0 Å². The van der Waals surface area contributed by atoms with Crippen molar-refractivity contribution in [2.45, 2.75) is 6.29 Å². The lowest BCUT2D eigenvalue weighted by molar-refractivity contribution is -0.105. The largest absolute Gasteiger partial charge is 0.352 e. The first-order chi connectivity index (χ1) is 10.1. The van der Waals surface area contributed by atoms with Crippen molar-refractivity contribution in [3.8, 4) is 18.2 Å². The fourth-order valence-electron chi connectivity index (χ4n) is 1.61. The number of hydrogen-bond donors (Lipinski definition) is 1. The molecular weight excluding hydrogens is 275 g/mol. The molecule has 0 atom stereocenters. The van der Waals surface area contributed by atoms with Crippen LogP contribution in [0.3, 0.4) is 0 Å². The van der Waals surface area contributed by atoms with Gasteiger partial charge in [0.15, 0.2) is 11.9 Å². The van der Waals surface area contributed by atoms with Gasteiger partial charge in [-0.05, 0) is 18.2 Å². The Morgan fingerprint density at radius 3 is 2.24 bits per heavy atom. The van der Waals surface area contributed by atoms with E-state index in [9.17, 15) is 4.39 Å². The first-order valence-corrected chi connectivity index (χ1v) is 5.67. The third-order valence-corrected chi connectivity index (χ3v) is 2.54. The lowest BCUT2D eigenvalue weighted by Gasteiger charge is -2.18. The van der Waals surface area contributed by atoms with Crippen LogP contribution in [0.2, 0.25) is 0 Å². The van der Waals surface area contributed by atoms with Crippen LogP contribution in [0, 0.1) is 39.8 Å². The number of nitriles is 3. The minimum Gasteiger partial charge on any atom is -0.352 e. The van der Waals surface area contributed by atoms with Crippen LogP contribution < -0.4 is 5.32 Å². The Morgan fingerprint density at radius 1 is 1.14 bits per heavy atom. The summed E-state index contributed by atoms with van der Waals surface area (Å²) in [6, 6.07) is 8.64. The summed E-state index contributed by atoms with van der Waals surface area (Å²) in [6.45, 7) is 0. The number of ether oxygens (including phenoxy) is 2. The monoisotopic (exact) mass is 286 g/mol. The number of methoxy groups -OCH3 is 2. The van der Waals surface area contributed by atoms with Crippen molar-refractivity contribution in [2.24, 2.45) is 0 Å². The Hall–Kier alpha value is -2.92. The lowest BCUT2D eigenvalue weighted by atomic mass is 10.1. The Labute approximate surface area is 121 Å². The first-order valence-electron chi connectivity index (χ1n) is 5.67. The van der Waals surface area contributed by atoms with E-state index in [4.69, 9.17) is 25.3 Å². The summed E-state index contributed by atoms with van der Waals surface area (Å²) in [5.74, 6) is -0.516. The summed E-state index contributed by atoms with van der Waals surface area (Å²) in [6.07, 6.45) is -0.865. The molecule has 21 heavy (non-hydrogen) atoms.